The van der Waals surface area contributed by atoms with Gasteiger partial charge in [0.2, 0.25) is 0 Å². The van der Waals surface area contributed by atoms with Crippen LogP contribution in [0.25, 0.3) is 0 Å². The van der Waals surface area contributed by atoms with E-state index < -0.39 is 0 Å². The van der Waals surface area contributed by atoms with Crippen LogP contribution in [0.4, 0.5) is 0 Å². The van der Waals surface area contributed by atoms with E-state index in [1.807, 2.05) is 0 Å². The van der Waals surface area contributed by atoms with E-state index in [2.05, 4.69) is 4.67 Å². The molecule has 68 valence electrons. The molecule has 0 bridgehead atoms. The summed E-state index contributed by atoms with van der Waals surface area (Å²) in [5.74, 6) is 0. The quantitative estimate of drug-likeness (QED) is 0.537. The van der Waals surface area contributed by atoms with Crippen LogP contribution in [-0.2, 0) is 4.52 Å². The Kier molecular flexibility index (Phi) is 1.72. The van der Waals surface area contributed by atoms with Gasteiger partial charge >= 0.3 is 0 Å². The molecule has 0 aromatic heterocycles. The molecule has 1 saturated carbocycles. The Morgan fingerprint density at radius 2 is 2.08 bits per heavy atom. The highest BCUT2D eigenvalue weighted by Gasteiger charge is 2.51. The van der Waals surface area contributed by atoms with Crippen molar-refractivity contribution in [1.29, 1.82) is 0 Å². The molecule has 0 amide bonds. The van der Waals surface area contributed by atoms with Crippen LogP contribution in [0.15, 0.2) is 0 Å². The molecule has 0 aromatic rings. The van der Waals surface area contributed by atoms with Crippen LogP contribution in [0.3, 0.4) is 0 Å². The molecule has 1 spiro atoms. The Labute approximate surface area is 75.6 Å². The van der Waals surface area contributed by atoms with Gasteiger partial charge in [-0.1, -0.05) is 12.8 Å². The standard InChI is InChI=1S/C9H16NOP/c1-2-6-9(5-1)8-4-3-7-10(8)12-11-9/h8,12H,1-7H2/t8-/m0/s1. The van der Waals surface area contributed by atoms with Crippen LogP contribution in [-0.4, -0.2) is 22.9 Å². The molecule has 3 rings (SSSR count). The van der Waals surface area contributed by atoms with Gasteiger partial charge in [0.15, 0.2) is 0 Å². The summed E-state index contributed by atoms with van der Waals surface area (Å²) in [5, 5.41) is 0. The highest BCUT2D eigenvalue weighted by molar-refractivity contribution is 7.29. The van der Waals surface area contributed by atoms with Gasteiger partial charge in [-0.15, -0.1) is 0 Å². The van der Waals surface area contributed by atoms with Crippen molar-refractivity contribution in [2.24, 2.45) is 0 Å². The predicted molar refractivity (Wildman–Crippen MR) is 50.3 cm³/mol. The highest BCUT2D eigenvalue weighted by Crippen LogP contribution is 2.54. The maximum absolute atomic E-state index is 6.02. The fourth-order valence-corrected chi connectivity index (χ4v) is 4.43. The molecule has 0 radical (unpaired) electrons. The van der Waals surface area contributed by atoms with E-state index in [1.165, 1.54) is 45.1 Å². The molecule has 2 aliphatic heterocycles. The Balaban J connectivity index is 1.86. The van der Waals surface area contributed by atoms with Gasteiger partial charge < -0.3 is 4.52 Å². The average molecular weight is 185 g/mol. The number of rotatable bonds is 0. The SMILES string of the molecule is C1C[C@@H]2N(C1)POC21CCCC1. The lowest BCUT2D eigenvalue weighted by Crippen LogP contribution is -2.39. The molecular weight excluding hydrogens is 169 g/mol. The van der Waals surface area contributed by atoms with Gasteiger partial charge in [-0.2, -0.15) is 0 Å². The van der Waals surface area contributed by atoms with Gasteiger partial charge in [0.25, 0.3) is 0 Å². The van der Waals surface area contributed by atoms with Crippen molar-refractivity contribution in [2.75, 3.05) is 6.54 Å². The van der Waals surface area contributed by atoms with Crippen molar-refractivity contribution >= 4 is 8.96 Å². The van der Waals surface area contributed by atoms with Gasteiger partial charge in [-0.05, 0) is 25.7 Å². The molecule has 1 aliphatic carbocycles. The molecule has 3 aliphatic rings. The maximum atomic E-state index is 6.02. The second kappa shape index (κ2) is 2.67. The van der Waals surface area contributed by atoms with Gasteiger partial charge in [0, 0.05) is 12.6 Å². The van der Waals surface area contributed by atoms with Gasteiger partial charge in [-0.3, -0.25) is 4.67 Å². The third kappa shape index (κ3) is 0.921. The summed E-state index contributed by atoms with van der Waals surface area (Å²) in [5.41, 5.74) is 0.328. The lowest BCUT2D eigenvalue weighted by molar-refractivity contribution is 0.0790. The molecule has 2 heterocycles. The minimum atomic E-state index is 0.328. The lowest BCUT2D eigenvalue weighted by atomic mass is 9.91. The van der Waals surface area contributed by atoms with Crippen molar-refractivity contribution in [3.63, 3.8) is 0 Å². The number of hydrogen-bond donors (Lipinski definition) is 0. The molecule has 2 nitrogen and oxygen atoms in total. The summed E-state index contributed by atoms with van der Waals surface area (Å²) in [7, 11) is 0.681. The second-order valence-electron chi connectivity index (χ2n) is 4.32. The highest BCUT2D eigenvalue weighted by atomic mass is 31.1. The minimum absolute atomic E-state index is 0.328. The number of nitrogens with zero attached hydrogens (tertiary/aromatic N) is 1. The predicted octanol–water partition coefficient (Wildman–Crippen LogP) is 2.30. The first-order valence-electron chi connectivity index (χ1n) is 5.11. The van der Waals surface area contributed by atoms with Crippen LogP contribution in [0, 0.1) is 0 Å². The largest absolute Gasteiger partial charge is 0.338 e. The molecule has 0 aromatic carbocycles. The Bertz CT molecular complexity index is 191. The van der Waals surface area contributed by atoms with E-state index >= 15 is 0 Å². The zero-order valence-electron chi connectivity index (χ0n) is 7.38. The number of hydrogen-bond acceptors (Lipinski definition) is 2. The van der Waals surface area contributed by atoms with E-state index in [9.17, 15) is 0 Å². The molecule has 2 saturated heterocycles. The molecule has 12 heavy (non-hydrogen) atoms. The van der Waals surface area contributed by atoms with E-state index in [0.29, 0.717) is 14.6 Å². The monoisotopic (exact) mass is 185 g/mol. The first kappa shape index (κ1) is 7.73. The molecule has 0 N–H and O–H groups in total. The van der Waals surface area contributed by atoms with E-state index in [0.717, 1.165) is 6.04 Å². The summed E-state index contributed by atoms with van der Waals surface area (Å²) in [6.45, 7) is 1.30. The third-order valence-corrected chi connectivity index (χ3v) is 4.94. The summed E-state index contributed by atoms with van der Waals surface area (Å²) in [6.07, 6.45) is 8.27. The smallest absolute Gasteiger partial charge is 0.0902 e. The van der Waals surface area contributed by atoms with Crippen molar-refractivity contribution in [3.05, 3.63) is 0 Å². The second-order valence-corrected chi connectivity index (χ2v) is 5.28. The first-order chi connectivity index (χ1) is 5.91. The Hall–Kier alpha value is 0.350. The van der Waals surface area contributed by atoms with Crippen molar-refractivity contribution < 1.29 is 4.52 Å². The molecule has 1 unspecified atom stereocenters. The maximum Gasteiger partial charge on any atom is 0.0902 e. The summed E-state index contributed by atoms with van der Waals surface area (Å²) < 4.78 is 8.60. The lowest BCUT2D eigenvalue weighted by Gasteiger charge is -2.27. The van der Waals surface area contributed by atoms with Crippen LogP contribution < -0.4 is 0 Å². The zero-order chi connectivity index (χ0) is 8.02. The molecule has 2 atom stereocenters. The first-order valence-corrected chi connectivity index (χ1v) is 5.97. The van der Waals surface area contributed by atoms with E-state index in [4.69, 9.17) is 4.52 Å². The Morgan fingerprint density at radius 3 is 2.92 bits per heavy atom. The Morgan fingerprint density at radius 1 is 1.25 bits per heavy atom. The summed E-state index contributed by atoms with van der Waals surface area (Å²) in [4.78, 5) is 0. The van der Waals surface area contributed by atoms with Gasteiger partial charge in [-0.25, -0.2) is 0 Å². The van der Waals surface area contributed by atoms with Crippen LogP contribution in [0.2, 0.25) is 0 Å². The fraction of sp³-hybridized carbons (Fsp3) is 1.00. The van der Waals surface area contributed by atoms with E-state index in [1.54, 1.807) is 0 Å². The van der Waals surface area contributed by atoms with Crippen molar-refractivity contribution in [2.45, 2.75) is 50.2 Å². The average Bonchev–Trinajstić information content (AvgIpc) is 2.76. The minimum Gasteiger partial charge on any atom is -0.338 e. The summed E-state index contributed by atoms with van der Waals surface area (Å²) in [6, 6.07) is 0.804. The van der Waals surface area contributed by atoms with Gasteiger partial charge in [0.1, 0.15) is 0 Å². The van der Waals surface area contributed by atoms with Gasteiger partial charge in [0.05, 0.1) is 14.6 Å². The van der Waals surface area contributed by atoms with Crippen molar-refractivity contribution in [3.8, 4) is 0 Å². The third-order valence-electron chi connectivity index (χ3n) is 3.68. The van der Waals surface area contributed by atoms with Crippen LogP contribution >= 0.6 is 8.96 Å². The number of fused-ring (bicyclic) bond motifs is 2. The zero-order valence-corrected chi connectivity index (χ0v) is 8.38. The van der Waals surface area contributed by atoms with Crippen LogP contribution in [0.5, 0.6) is 0 Å². The molecule has 3 heteroatoms. The molecule has 3 fully saturated rings. The summed E-state index contributed by atoms with van der Waals surface area (Å²) >= 11 is 0. The van der Waals surface area contributed by atoms with E-state index in [-0.39, 0.29) is 0 Å². The van der Waals surface area contributed by atoms with Crippen molar-refractivity contribution in [1.82, 2.24) is 4.67 Å². The molecular formula is C9H16NOP. The fourth-order valence-electron chi connectivity index (χ4n) is 3.05. The topological polar surface area (TPSA) is 12.5 Å². The van der Waals surface area contributed by atoms with Crippen LogP contribution in [0.1, 0.15) is 38.5 Å². The normalized spacial score (nSPS) is 41.5.